The van der Waals surface area contributed by atoms with Crippen LogP contribution in [-0.2, 0) is 6.61 Å². The predicted octanol–water partition coefficient (Wildman–Crippen LogP) is 1.95. The van der Waals surface area contributed by atoms with Crippen LogP contribution >= 0.6 is 23.8 Å². The number of nitrogens with zero attached hydrogens (tertiary/aromatic N) is 3. The Bertz CT molecular complexity index is 655. The molecule has 0 aliphatic carbocycles. The first-order chi connectivity index (χ1) is 8.17. The second-order valence-electron chi connectivity index (χ2n) is 3.21. The van der Waals surface area contributed by atoms with E-state index in [1.165, 1.54) is 0 Å². The largest absolute Gasteiger partial charge is 0.388 e. The molecule has 1 aromatic carbocycles. The molecule has 0 atom stereocenters. The molecule has 0 radical (unpaired) electrons. The zero-order valence-corrected chi connectivity index (χ0v) is 10.1. The van der Waals surface area contributed by atoms with Gasteiger partial charge in [0.25, 0.3) is 0 Å². The molecular formula is C10H7ClN4OS. The Labute approximate surface area is 107 Å². The first-order valence-corrected chi connectivity index (χ1v) is 5.43. The summed E-state index contributed by atoms with van der Waals surface area (Å²) < 4.78 is 1.91. The predicted molar refractivity (Wildman–Crippen MR) is 64.4 cm³/mol. The number of hydrogen-bond acceptors (Lipinski definition) is 4. The molecule has 0 amide bonds. The number of nitrogens with one attached hydrogen (secondary N) is 1. The molecule has 2 rings (SSSR count). The number of aromatic amines is 1. The van der Waals surface area contributed by atoms with Crippen LogP contribution in [0, 0.1) is 16.1 Å². The van der Waals surface area contributed by atoms with E-state index in [0.29, 0.717) is 26.9 Å². The summed E-state index contributed by atoms with van der Waals surface area (Å²) in [6.45, 7) is -0.245. The van der Waals surface area contributed by atoms with Gasteiger partial charge in [-0.25, -0.2) is 0 Å². The van der Waals surface area contributed by atoms with Crippen molar-refractivity contribution in [3.8, 4) is 11.8 Å². The highest BCUT2D eigenvalue weighted by atomic mass is 35.5. The number of hydrogen-bond donors (Lipinski definition) is 2. The molecule has 0 bridgehead atoms. The second kappa shape index (κ2) is 4.67. The summed E-state index contributed by atoms with van der Waals surface area (Å²) >= 11 is 11.0. The van der Waals surface area contributed by atoms with Crippen LogP contribution in [0.4, 0.5) is 0 Å². The van der Waals surface area contributed by atoms with Crippen LogP contribution in [0.15, 0.2) is 18.2 Å². The van der Waals surface area contributed by atoms with Crippen molar-refractivity contribution in [1.29, 1.82) is 5.26 Å². The van der Waals surface area contributed by atoms with E-state index in [0.717, 1.165) is 0 Å². The zero-order valence-electron chi connectivity index (χ0n) is 8.51. The Morgan fingerprint density at radius 2 is 2.35 bits per heavy atom. The van der Waals surface area contributed by atoms with Gasteiger partial charge >= 0.3 is 0 Å². The molecule has 0 saturated carbocycles. The fourth-order valence-corrected chi connectivity index (χ4v) is 1.91. The molecule has 2 aromatic rings. The molecule has 1 heterocycles. The maximum absolute atomic E-state index is 9.13. The second-order valence-corrected chi connectivity index (χ2v) is 4.01. The summed E-state index contributed by atoms with van der Waals surface area (Å²) in [6.07, 6.45) is 0. The van der Waals surface area contributed by atoms with E-state index in [2.05, 4.69) is 10.2 Å². The highest BCUT2D eigenvalue weighted by molar-refractivity contribution is 7.71. The molecule has 86 valence electrons. The molecule has 1 aromatic heterocycles. The van der Waals surface area contributed by atoms with Gasteiger partial charge in [-0.3, -0.25) is 9.67 Å². The normalized spacial score (nSPS) is 10.2. The summed E-state index contributed by atoms with van der Waals surface area (Å²) in [4.78, 5) is 0. The van der Waals surface area contributed by atoms with Gasteiger partial charge < -0.3 is 5.11 Å². The third-order valence-corrected chi connectivity index (χ3v) is 2.80. The quantitative estimate of drug-likeness (QED) is 0.815. The third-order valence-electron chi connectivity index (χ3n) is 2.21. The van der Waals surface area contributed by atoms with Gasteiger partial charge in [-0.05, 0) is 30.4 Å². The fourth-order valence-electron chi connectivity index (χ4n) is 1.44. The molecule has 0 spiro atoms. The molecule has 0 aliphatic heterocycles. The minimum absolute atomic E-state index is 0.245. The number of nitriles is 1. The molecule has 0 unspecified atom stereocenters. The monoisotopic (exact) mass is 266 g/mol. The summed E-state index contributed by atoms with van der Waals surface area (Å²) in [5.74, 6) is 0.385. The van der Waals surface area contributed by atoms with E-state index in [1.807, 2.05) is 6.07 Å². The molecule has 0 fully saturated rings. The molecule has 0 aliphatic rings. The van der Waals surface area contributed by atoms with Crippen LogP contribution in [0.5, 0.6) is 0 Å². The van der Waals surface area contributed by atoms with Crippen molar-refractivity contribution in [3.63, 3.8) is 0 Å². The number of aliphatic hydroxyl groups is 1. The Hall–Kier alpha value is -1.68. The van der Waals surface area contributed by atoms with E-state index in [9.17, 15) is 0 Å². The van der Waals surface area contributed by atoms with Gasteiger partial charge in [0, 0.05) is 0 Å². The molecule has 7 heteroatoms. The van der Waals surface area contributed by atoms with Gasteiger partial charge in [0.2, 0.25) is 0 Å². The number of rotatable bonds is 2. The number of aliphatic hydroxyl groups excluding tert-OH is 1. The zero-order chi connectivity index (χ0) is 12.4. The van der Waals surface area contributed by atoms with Gasteiger partial charge in [0.15, 0.2) is 10.6 Å². The SMILES string of the molecule is N#Cc1ccc(-n2c(CO)n[nH]c2=S)cc1Cl. The molecule has 0 saturated heterocycles. The van der Waals surface area contributed by atoms with E-state index in [-0.39, 0.29) is 6.61 Å². The van der Waals surface area contributed by atoms with Crippen molar-refractivity contribution in [3.05, 3.63) is 39.4 Å². The lowest BCUT2D eigenvalue weighted by Crippen LogP contribution is -2.01. The number of H-pyrrole nitrogens is 1. The Morgan fingerprint density at radius 1 is 1.59 bits per heavy atom. The first-order valence-electron chi connectivity index (χ1n) is 4.64. The minimum Gasteiger partial charge on any atom is -0.388 e. The van der Waals surface area contributed by atoms with Crippen LogP contribution in [0.25, 0.3) is 5.69 Å². The third kappa shape index (κ3) is 2.08. The lowest BCUT2D eigenvalue weighted by molar-refractivity contribution is 0.269. The summed E-state index contributed by atoms with van der Waals surface area (Å²) in [5.41, 5.74) is 1.03. The van der Waals surface area contributed by atoms with Gasteiger partial charge in [-0.15, -0.1) is 0 Å². The smallest absolute Gasteiger partial charge is 0.199 e. The highest BCUT2D eigenvalue weighted by Gasteiger charge is 2.09. The van der Waals surface area contributed by atoms with E-state index >= 15 is 0 Å². The maximum Gasteiger partial charge on any atom is 0.199 e. The average molecular weight is 267 g/mol. The van der Waals surface area contributed by atoms with Crippen LogP contribution in [0.2, 0.25) is 5.02 Å². The van der Waals surface area contributed by atoms with Crippen LogP contribution < -0.4 is 0 Å². The number of benzene rings is 1. The van der Waals surface area contributed by atoms with Crippen molar-refractivity contribution in [1.82, 2.24) is 14.8 Å². The van der Waals surface area contributed by atoms with Crippen LogP contribution in [0.3, 0.4) is 0 Å². The van der Waals surface area contributed by atoms with Gasteiger partial charge in [0.1, 0.15) is 12.7 Å². The summed E-state index contributed by atoms with van der Waals surface area (Å²) in [6, 6.07) is 6.85. The number of halogens is 1. The fraction of sp³-hybridized carbons (Fsp3) is 0.100. The molecule has 5 nitrogen and oxygen atoms in total. The summed E-state index contributed by atoms with van der Waals surface area (Å²) in [7, 11) is 0. The van der Waals surface area contributed by atoms with Crippen molar-refractivity contribution in [2.24, 2.45) is 0 Å². The lowest BCUT2D eigenvalue weighted by Gasteiger charge is -2.05. The van der Waals surface area contributed by atoms with Crippen molar-refractivity contribution in [2.75, 3.05) is 0 Å². The van der Waals surface area contributed by atoms with Crippen LogP contribution in [-0.4, -0.2) is 19.9 Å². The lowest BCUT2D eigenvalue weighted by atomic mass is 10.2. The minimum atomic E-state index is -0.245. The average Bonchev–Trinajstić information content (AvgIpc) is 2.70. The first kappa shape index (κ1) is 11.8. The standard InChI is InChI=1S/C10H7ClN4OS/c11-8-3-7(2-1-6(8)4-12)15-9(5-16)13-14-10(15)17/h1-3,16H,5H2,(H,14,17). The highest BCUT2D eigenvalue weighted by Crippen LogP contribution is 2.20. The van der Waals surface area contributed by atoms with Gasteiger partial charge in [0.05, 0.1) is 16.3 Å². The van der Waals surface area contributed by atoms with Gasteiger partial charge in [-0.2, -0.15) is 10.4 Å². The summed E-state index contributed by atoms with van der Waals surface area (Å²) in [5, 5.41) is 24.7. The topological polar surface area (TPSA) is 77.6 Å². The van der Waals surface area contributed by atoms with Crippen molar-refractivity contribution >= 4 is 23.8 Å². The molecule has 17 heavy (non-hydrogen) atoms. The van der Waals surface area contributed by atoms with Crippen molar-refractivity contribution < 1.29 is 5.11 Å². The van der Waals surface area contributed by atoms with Gasteiger partial charge in [-0.1, -0.05) is 11.6 Å². The van der Waals surface area contributed by atoms with Crippen LogP contribution in [0.1, 0.15) is 11.4 Å². The Balaban J connectivity index is 2.62. The Morgan fingerprint density at radius 3 is 2.94 bits per heavy atom. The maximum atomic E-state index is 9.13. The van der Waals surface area contributed by atoms with E-state index < -0.39 is 0 Å². The van der Waals surface area contributed by atoms with E-state index in [1.54, 1.807) is 22.8 Å². The Kier molecular flexibility index (Phi) is 3.24. The molecule has 2 N–H and O–H groups in total. The molecular weight excluding hydrogens is 260 g/mol. The van der Waals surface area contributed by atoms with Crippen molar-refractivity contribution in [2.45, 2.75) is 6.61 Å². The number of aromatic nitrogens is 3. The van der Waals surface area contributed by atoms with E-state index in [4.69, 9.17) is 34.2 Å².